The van der Waals surface area contributed by atoms with Gasteiger partial charge in [0, 0.05) is 10.0 Å². The molecule has 0 bridgehead atoms. The van der Waals surface area contributed by atoms with E-state index in [1.165, 1.54) is 6.26 Å². The summed E-state index contributed by atoms with van der Waals surface area (Å²) in [5.74, 6) is 0.212. The molecular weight excluding hydrogens is 326 g/mol. The summed E-state index contributed by atoms with van der Waals surface area (Å²) >= 11 is 3.29. The molecule has 0 aliphatic rings. The second-order valence-corrected chi connectivity index (χ2v) is 4.99. The lowest BCUT2D eigenvalue weighted by Gasteiger charge is -2.09. The summed E-state index contributed by atoms with van der Waals surface area (Å²) in [6, 6.07) is 6.66. The molecule has 1 aromatic heterocycles. The van der Waals surface area contributed by atoms with E-state index < -0.39 is 0 Å². The van der Waals surface area contributed by atoms with Crippen LogP contribution < -0.4 is 11.1 Å². The van der Waals surface area contributed by atoms with Crippen LogP contribution in [0.4, 0.5) is 5.69 Å². The maximum atomic E-state index is 12.0. The van der Waals surface area contributed by atoms with E-state index >= 15 is 0 Å². The van der Waals surface area contributed by atoms with Gasteiger partial charge in [-0.25, -0.2) is 0 Å². The Morgan fingerprint density at radius 2 is 2.20 bits per heavy atom. The number of aryl methyl sites for hydroxylation is 1. The van der Waals surface area contributed by atoms with E-state index in [1.807, 2.05) is 0 Å². The van der Waals surface area contributed by atoms with E-state index in [1.54, 1.807) is 31.2 Å². The van der Waals surface area contributed by atoms with Gasteiger partial charge in [-0.1, -0.05) is 21.1 Å². The van der Waals surface area contributed by atoms with E-state index in [9.17, 15) is 4.79 Å². The number of rotatable bonds is 3. The number of oxime groups is 1. The molecule has 0 saturated heterocycles. The van der Waals surface area contributed by atoms with Crippen molar-refractivity contribution in [3.63, 3.8) is 0 Å². The molecule has 0 fully saturated rings. The largest absolute Gasteiger partial charge is 0.469 e. The number of nitrogens with two attached hydrogens (primary N) is 1. The first kappa shape index (κ1) is 14.1. The van der Waals surface area contributed by atoms with Crippen LogP contribution in [0.1, 0.15) is 21.7 Å². The van der Waals surface area contributed by atoms with Gasteiger partial charge < -0.3 is 20.7 Å². The number of nitrogens with one attached hydrogen (secondary N) is 1. The van der Waals surface area contributed by atoms with Crippen molar-refractivity contribution in [3.05, 3.63) is 51.9 Å². The number of hydrogen-bond acceptors (Lipinski definition) is 4. The number of amides is 1. The van der Waals surface area contributed by atoms with E-state index in [2.05, 4.69) is 26.4 Å². The molecule has 0 aliphatic carbocycles. The lowest BCUT2D eigenvalue weighted by Crippen LogP contribution is -2.19. The van der Waals surface area contributed by atoms with Crippen LogP contribution in [0.15, 0.2) is 44.6 Å². The normalized spacial score (nSPS) is 11.4. The van der Waals surface area contributed by atoms with Crippen LogP contribution in [-0.4, -0.2) is 17.0 Å². The molecule has 104 valence electrons. The highest BCUT2D eigenvalue weighted by Crippen LogP contribution is 2.22. The third kappa shape index (κ3) is 3.00. The fourth-order valence-corrected chi connectivity index (χ4v) is 2.01. The van der Waals surface area contributed by atoms with E-state index in [4.69, 9.17) is 15.4 Å². The fraction of sp³-hybridized carbons (Fsp3) is 0.0769. The molecule has 0 radical (unpaired) electrons. The second kappa shape index (κ2) is 5.79. The number of nitrogens with zero attached hydrogens (tertiary/aromatic N) is 1. The third-order valence-corrected chi connectivity index (χ3v) is 3.10. The van der Waals surface area contributed by atoms with Crippen molar-refractivity contribution in [1.29, 1.82) is 0 Å². The van der Waals surface area contributed by atoms with E-state index in [0.29, 0.717) is 22.6 Å². The molecule has 2 aromatic rings. The zero-order chi connectivity index (χ0) is 14.7. The molecule has 0 spiro atoms. The van der Waals surface area contributed by atoms with Crippen molar-refractivity contribution in [1.82, 2.24) is 0 Å². The Kier molecular flexibility index (Phi) is 4.09. The zero-order valence-corrected chi connectivity index (χ0v) is 12.1. The summed E-state index contributed by atoms with van der Waals surface area (Å²) < 4.78 is 5.83. The summed E-state index contributed by atoms with van der Waals surface area (Å²) in [7, 11) is 0. The molecule has 0 unspecified atom stereocenters. The maximum absolute atomic E-state index is 12.0. The van der Waals surface area contributed by atoms with Crippen LogP contribution in [0.2, 0.25) is 0 Å². The van der Waals surface area contributed by atoms with Crippen LogP contribution >= 0.6 is 15.9 Å². The van der Waals surface area contributed by atoms with Gasteiger partial charge in [0.15, 0.2) is 5.84 Å². The van der Waals surface area contributed by atoms with Crippen molar-refractivity contribution in [2.75, 3.05) is 5.32 Å². The van der Waals surface area contributed by atoms with E-state index in [0.717, 1.165) is 4.47 Å². The highest BCUT2D eigenvalue weighted by atomic mass is 79.9. The van der Waals surface area contributed by atoms with Gasteiger partial charge in [0.25, 0.3) is 5.91 Å². The lowest BCUT2D eigenvalue weighted by atomic mass is 10.1. The predicted molar refractivity (Wildman–Crippen MR) is 78.1 cm³/mol. The van der Waals surface area contributed by atoms with Gasteiger partial charge in [0.05, 0.1) is 11.3 Å². The monoisotopic (exact) mass is 337 g/mol. The number of benzene rings is 1. The number of hydrogen-bond donors (Lipinski definition) is 3. The summed E-state index contributed by atoms with van der Waals surface area (Å²) in [6.07, 6.45) is 1.37. The van der Waals surface area contributed by atoms with Crippen molar-refractivity contribution in [2.24, 2.45) is 10.9 Å². The molecule has 4 N–H and O–H groups in total. The van der Waals surface area contributed by atoms with Gasteiger partial charge in [0.1, 0.15) is 12.0 Å². The van der Waals surface area contributed by atoms with Crippen LogP contribution in [0, 0.1) is 6.92 Å². The topological polar surface area (TPSA) is 101 Å². The van der Waals surface area contributed by atoms with Crippen molar-refractivity contribution >= 4 is 33.4 Å². The second-order valence-electron chi connectivity index (χ2n) is 4.08. The number of carbonyl (C=O) groups is 1. The zero-order valence-electron chi connectivity index (χ0n) is 10.6. The molecule has 1 aromatic carbocycles. The Labute approximate surface area is 123 Å². The standard InChI is InChI=1S/C13H12BrN3O3/c1-7-4-8(6-20-7)13(18)16-11-3-2-9(14)5-10(11)12(15)17-19/h2-6,19H,1H3,(H2,15,17)(H,16,18). The Morgan fingerprint density at radius 1 is 1.45 bits per heavy atom. The molecule has 0 saturated carbocycles. The maximum Gasteiger partial charge on any atom is 0.258 e. The minimum absolute atomic E-state index is 0.0926. The highest BCUT2D eigenvalue weighted by molar-refractivity contribution is 9.10. The Bertz CT molecular complexity index is 679. The highest BCUT2D eigenvalue weighted by Gasteiger charge is 2.13. The number of furan rings is 1. The van der Waals surface area contributed by atoms with Gasteiger partial charge in [-0.15, -0.1) is 0 Å². The number of anilines is 1. The van der Waals surface area contributed by atoms with Gasteiger partial charge >= 0.3 is 0 Å². The Morgan fingerprint density at radius 3 is 2.80 bits per heavy atom. The lowest BCUT2D eigenvalue weighted by molar-refractivity contribution is 0.102. The SMILES string of the molecule is Cc1cc(C(=O)Nc2ccc(Br)cc2/C(N)=N/O)co1. The van der Waals surface area contributed by atoms with Crippen LogP contribution in [-0.2, 0) is 0 Å². The molecule has 1 amide bonds. The molecular formula is C13H12BrN3O3. The molecule has 2 rings (SSSR count). The molecule has 1 heterocycles. The molecule has 20 heavy (non-hydrogen) atoms. The summed E-state index contributed by atoms with van der Waals surface area (Å²) in [4.78, 5) is 12.0. The first-order valence-electron chi connectivity index (χ1n) is 5.65. The molecule has 6 nitrogen and oxygen atoms in total. The summed E-state index contributed by atoms with van der Waals surface area (Å²) in [6.45, 7) is 1.75. The van der Waals surface area contributed by atoms with Crippen LogP contribution in [0.25, 0.3) is 0 Å². The quantitative estimate of drug-likeness (QED) is 0.347. The smallest absolute Gasteiger partial charge is 0.258 e. The van der Waals surface area contributed by atoms with Crippen molar-refractivity contribution in [3.8, 4) is 0 Å². The molecule has 0 atom stereocenters. The minimum atomic E-state index is -0.337. The Balaban J connectivity index is 2.32. The van der Waals surface area contributed by atoms with Gasteiger partial charge in [0.2, 0.25) is 0 Å². The van der Waals surface area contributed by atoms with Crippen LogP contribution in [0.5, 0.6) is 0 Å². The number of amidine groups is 1. The van der Waals surface area contributed by atoms with Crippen molar-refractivity contribution < 1.29 is 14.4 Å². The third-order valence-electron chi connectivity index (χ3n) is 2.61. The predicted octanol–water partition coefficient (Wildman–Crippen LogP) is 2.70. The summed E-state index contributed by atoms with van der Waals surface area (Å²) in [5.41, 5.74) is 6.84. The average molecular weight is 338 g/mol. The van der Waals surface area contributed by atoms with Gasteiger partial charge in [-0.2, -0.15) is 0 Å². The molecule has 7 heteroatoms. The van der Waals surface area contributed by atoms with Gasteiger partial charge in [-0.3, -0.25) is 4.79 Å². The van der Waals surface area contributed by atoms with Crippen molar-refractivity contribution in [2.45, 2.75) is 6.92 Å². The number of halogens is 1. The average Bonchev–Trinajstić information content (AvgIpc) is 2.86. The Hall–Kier alpha value is -2.28. The molecule has 0 aliphatic heterocycles. The van der Waals surface area contributed by atoms with E-state index in [-0.39, 0.29) is 11.7 Å². The first-order chi connectivity index (χ1) is 9.51. The number of carbonyl (C=O) groups excluding carboxylic acids is 1. The summed E-state index contributed by atoms with van der Waals surface area (Å²) in [5, 5.41) is 14.4. The minimum Gasteiger partial charge on any atom is -0.469 e. The first-order valence-corrected chi connectivity index (χ1v) is 6.44. The van der Waals surface area contributed by atoms with Crippen LogP contribution in [0.3, 0.4) is 0 Å². The van der Waals surface area contributed by atoms with Gasteiger partial charge in [-0.05, 0) is 31.2 Å². The fourth-order valence-electron chi connectivity index (χ4n) is 1.65.